The maximum Gasteiger partial charge on any atom is 0.249 e. The lowest BCUT2D eigenvalue weighted by molar-refractivity contribution is 0.342. The van der Waals surface area contributed by atoms with Crippen molar-refractivity contribution in [2.45, 2.75) is 19.4 Å². The monoisotopic (exact) mass is 363 g/mol. The molecule has 0 radical (unpaired) electrons. The molecule has 1 N–H and O–H groups in total. The highest BCUT2D eigenvalue weighted by Crippen LogP contribution is 2.27. The lowest BCUT2D eigenvalue weighted by Gasteiger charge is -2.24. The Morgan fingerprint density at radius 3 is 2.88 bits per heavy atom. The summed E-state index contributed by atoms with van der Waals surface area (Å²) in [5.41, 5.74) is 0.745. The van der Waals surface area contributed by atoms with Gasteiger partial charge in [0.1, 0.15) is 5.75 Å². The first-order valence-electron chi connectivity index (χ1n) is 8.10. The summed E-state index contributed by atoms with van der Waals surface area (Å²) in [7, 11) is -1.13. The molecule has 1 saturated heterocycles. The molecule has 1 atom stereocenters. The third-order valence-electron chi connectivity index (χ3n) is 4.10. The Labute approximate surface area is 147 Å². The first kappa shape index (κ1) is 17.4. The van der Waals surface area contributed by atoms with Crippen LogP contribution in [0.2, 0.25) is 0 Å². The van der Waals surface area contributed by atoms with Gasteiger partial charge in [-0.1, -0.05) is 12.1 Å². The quantitative estimate of drug-likeness (QED) is 0.827. The standard InChI is InChI=1S/C16H21N5O3S/c1-3-24-14-7-5-4-6-13(14)18-16-19-15(10-17-20-16)21(2)12-8-9-25(22,23)11-12/h4-7,10,12H,3,8-9,11H2,1-2H3,(H,18,19,20). The van der Waals surface area contributed by atoms with Crippen molar-refractivity contribution < 1.29 is 13.2 Å². The van der Waals surface area contributed by atoms with Gasteiger partial charge in [-0.2, -0.15) is 10.1 Å². The fraction of sp³-hybridized carbons (Fsp3) is 0.438. The minimum absolute atomic E-state index is 0.0924. The minimum Gasteiger partial charge on any atom is -0.492 e. The molecule has 0 spiro atoms. The fourth-order valence-electron chi connectivity index (χ4n) is 2.76. The number of aromatic nitrogens is 3. The first-order valence-corrected chi connectivity index (χ1v) is 9.92. The van der Waals surface area contributed by atoms with E-state index in [9.17, 15) is 8.42 Å². The van der Waals surface area contributed by atoms with Gasteiger partial charge in [-0.25, -0.2) is 8.42 Å². The van der Waals surface area contributed by atoms with Crippen molar-refractivity contribution in [2.24, 2.45) is 0 Å². The number of benzene rings is 1. The molecule has 1 aliphatic rings. The lowest BCUT2D eigenvalue weighted by atomic mass is 10.2. The number of para-hydroxylation sites is 2. The van der Waals surface area contributed by atoms with Gasteiger partial charge in [-0.15, -0.1) is 5.10 Å². The topological polar surface area (TPSA) is 97.3 Å². The van der Waals surface area contributed by atoms with Crippen LogP contribution in [0, 0.1) is 0 Å². The second-order valence-electron chi connectivity index (χ2n) is 5.86. The number of ether oxygens (including phenoxy) is 1. The SMILES string of the molecule is CCOc1ccccc1Nc1nncc(N(C)C2CCS(=O)(=O)C2)n1. The molecule has 1 aromatic heterocycles. The van der Waals surface area contributed by atoms with Crippen molar-refractivity contribution >= 4 is 27.3 Å². The fourth-order valence-corrected chi connectivity index (χ4v) is 4.53. The Kier molecular flexibility index (Phi) is 5.03. The number of hydrogen-bond acceptors (Lipinski definition) is 8. The van der Waals surface area contributed by atoms with Crippen molar-refractivity contribution in [3.05, 3.63) is 30.5 Å². The molecule has 0 bridgehead atoms. The molecule has 1 aliphatic heterocycles. The second-order valence-corrected chi connectivity index (χ2v) is 8.09. The second kappa shape index (κ2) is 7.22. The molecule has 1 unspecified atom stereocenters. The molecule has 134 valence electrons. The number of nitrogens with one attached hydrogen (secondary N) is 1. The van der Waals surface area contributed by atoms with Crippen molar-refractivity contribution in [2.75, 3.05) is 35.4 Å². The smallest absolute Gasteiger partial charge is 0.249 e. The number of sulfone groups is 1. The van der Waals surface area contributed by atoms with Crippen LogP contribution in [0.5, 0.6) is 5.75 Å². The predicted molar refractivity (Wildman–Crippen MR) is 96.2 cm³/mol. The normalized spacial score (nSPS) is 18.7. The van der Waals surface area contributed by atoms with Crippen LogP contribution in [0.3, 0.4) is 0 Å². The summed E-state index contributed by atoms with van der Waals surface area (Å²) in [6.45, 7) is 2.47. The molecule has 3 rings (SSSR count). The summed E-state index contributed by atoms with van der Waals surface area (Å²) >= 11 is 0. The molecule has 1 fully saturated rings. The average Bonchev–Trinajstić information content (AvgIpc) is 2.96. The molecule has 2 aromatic rings. The molecular weight excluding hydrogens is 342 g/mol. The molecule has 2 heterocycles. The summed E-state index contributed by atoms with van der Waals surface area (Å²) in [5, 5.41) is 11.1. The van der Waals surface area contributed by atoms with E-state index in [1.807, 2.05) is 43.1 Å². The van der Waals surface area contributed by atoms with Crippen molar-refractivity contribution in [1.29, 1.82) is 0 Å². The van der Waals surface area contributed by atoms with Crippen LogP contribution in [-0.4, -0.2) is 54.8 Å². The maximum atomic E-state index is 11.7. The third-order valence-corrected chi connectivity index (χ3v) is 5.85. The van der Waals surface area contributed by atoms with Crippen LogP contribution < -0.4 is 15.0 Å². The van der Waals surface area contributed by atoms with E-state index in [4.69, 9.17) is 4.74 Å². The first-order chi connectivity index (χ1) is 12.0. The summed E-state index contributed by atoms with van der Waals surface area (Å²) in [6, 6.07) is 7.41. The Hall–Kier alpha value is -2.42. The van der Waals surface area contributed by atoms with Crippen LogP contribution >= 0.6 is 0 Å². The molecule has 0 aliphatic carbocycles. The van der Waals surface area contributed by atoms with Crippen LogP contribution in [0.1, 0.15) is 13.3 Å². The Bertz CT molecular complexity index is 843. The van der Waals surface area contributed by atoms with Gasteiger partial charge in [-0.05, 0) is 25.5 Å². The molecule has 1 aromatic carbocycles. The van der Waals surface area contributed by atoms with E-state index in [1.54, 1.807) is 0 Å². The molecule has 9 heteroatoms. The van der Waals surface area contributed by atoms with E-state index in [1.165, 1.54) is 6.20 Å². The number of hydrogen-bond donors (Lipinski definition) is 1. The Morgan fingerprint density at radius 2 is 2.16 bits per heavy atom. The van der Waals surface area contributed by atoms with Crippen molar-refractivity contribution in [3.63, 3.8) is 0 Å². The van der Waals surface area contributed by atoms with Crippen LogP contribution in [0.4, 0.5) is 17.5 Å². The minimum atomic E-state index is -2.96. The number of rotatable bonds is 6. The van der Waals surface area contributed by atoms with Crippen molar-refractivity contribution in [3.8, 4) is 5.75 Å². The highest BCUT2D eigenvalue weighted by Gasteiger charge is 2.31. The molecule has 25 heavy (non-hydrogen) atoms. The van der Waals surface area contributed by atoms with Gasteiger partial charge in [-0.3, -0.25) is 0 Å². The third kappa shape index (κ3) is 4.16. The van der Waals surface area contributed by atoms with Gasteiger partial charge in [0, 0.05) is 13.1 Å². The summed E-state index contributed by atoms with van der Waals surface area (Å²) in [5.74, 6) is 1.97. The van der Waals surface area contributed by atoms with E-state index >= 15 is 0 Å². The summed E-state index contributed by atoms with van der Waals surface area (Å²) in [6.07, 6.45) is 2.13. The summed E-state index contributed by atoms with van der Waals surface area (Å²) < 4.78 is 28.9. The molecule has 0 saturated carbocycles. The zero-order valence-corrected chi connectivity index (χ0v) is 15.0. The average molecular weight is 363 g/mol. The van der Waals surface area contributed by atoms with Gasteiger partial charge in [0.2, 0.25) is 5.95 Å². The predicted octanol–water partition coefficient (Wildman–Crippen LogP) is 1.64. The zero-order valence-electron chi connectivity index (χ0n) is 14.2. The Balaban J connectivity index is 1.78. The molecule has 0 amide bonds. The van der Waals surface area contributed by atoms with Gasteiger partial charge in [0.05, 0.1) is 30.0 Å². The summed E-state index contributed by atoms with van der Waals surface area (Å²) in [4.78, 5) is 6.30. The van der Waals surface area contributed by atoms with Crippen LogP contribution in [0.25, 0.3) is 0 Å². The maximum absolute atomic E-state index is 11.7. The lowest BCUT2D eigenvalue weighted by Crippen LogP contribution is -2.33. The zero-order chi connectivity index (χ0) is 17.9. The van der Waals surface area contributed by atoms with Crippen LogP contribution in [-0.2, 0) is 9.84 Å². The van der Waals surface area contributed by atoms with Gasteiger partial charge < -0.3 is 15.0 Å². The van der Waals surface area contributed by atoms with E-state index in [0.717, 1.165) is 5.69 Å². The highest BCUT2D eigenvalue weighted by molar-refractivity contribution is 7.91. The van der Waals surface area contributed by atoms with E-state index in [0.29, 0.717) is 30.5 Å². The number of nitrogens with zero attached hydrogens (tertiary/aromatic N) is 4. The molecular formula is C16H21N5O3S. The van der Waals surface area contributed by atoms with E-state index in [2.05, 4.69) is 20.5 Å². The largest absolute Gasteiger partial charge is 0.492 e. The van der Waals surface area contributed by atoms with E-state index < -0.39 is 9.84 Å². The van der Waals surface area contributed by atoms with E-state index in [-0.39, 0.29) is 17.5 Å². The van der Waals surface area contributed by atoms with Gasteiger partial charge in [0.15, 0.2) is 15.7 Å². The number of anilines is 3. The van der Waals surface area contributed by atoms with Gasteiger partial charge in [0.25, 0.3) is 0 Å². The highest BCUT2D eigenvalue weighted by atomic mass is 32.2. The van der Waals surface area contributed by atoms with Gasteiger partial charge >= 0.3 is 0 Å². The van der Waals surface area contributed by atoms with Crippen LogP contribution in [0.15, 0.2) is 30.5 Å². The Morgan fingerprint density at radius 1 is 1.36 bits per heavy atom. The van der Waals surface area contributed by atoms with Crippen molar-refractivity contribution in [1.82, 2.24) is 15.2 Å². The molecule has 8 nitrogen and oxygen atoms in total.